The van der Waals surface area contributed by atoms with E-state index in [1.54, 1.807) is 12.1 Å². The molecule has 0 spiro atoms. The lowest BCUT2D eigenvalue weighted by atomic mass is 9.99. The largest absolute Gasteiger partial charge is 0.390 e. The average molecular weight is 391 g/mol. The number of nitrogens with zero attached hydrogens (tertiary/aromatic N) is 1. The van der Waals surface area contributed by atoms with Gasteiger partial charge in [-0.25, -0.2) is 0 Å². The first-order valence-corrected chi connectivity index (χ1v) is 10.3. The van der Waals surface area contributed by atoms with Gasteiger partial charge >= 0.3 is 0 Å². The van der Waals surface area contributed by atoms with Crippen molar-refractivity contribution >= 4 is 17.5 Å². The van der Waals surface area contributed by atoms with E-state index in [0.29, 0.717) is 18.0 Å². The number of nitrogens with one attached hydrogen (secondary N) is 2. The fraction of sp³-hybridized carbons (Fsp3) is 0.391. The number of fused-ring (bicyclic) bond motifs is 4. The summed E-state index contributed by atoms with van der Waals surface area (Å²) in [6, 6.07) is 13.9. The van der Waals surface area contributed by atoms with Crippen LogP contribution >= 0.6 is 0 Å². The number of β-amino-alcohol motifs (C(OH)–C–C–N with tert-alkyl or cyclic N) is 1. The Morgan fingerprint density at radius 2 is 2.03 bits per heavy atom. The monoisotopic (exact) mass is 391 g/mol. The van der Waals surface area contributed by atoms with Crippen LogP contribution in [0.3, 0.4) is 0 Å². The normalized spacial score (nSPS) is 23.3. The number of carbonyl (C=O) groups excluding carboxylic acids is 2. The van der Waals surface area contributed by atoms with Crippen molar-refractivity contribution in [2.24, 2.45) is 5.92 Å². The Morgan fingerprint density at radius 1 is 1.21 bits per heavy atom. The quantitative estimate of drug-likeness (QED) is 0.727. The molecule has 1 aliphatic carbocycles. The molecular formula is C23H25N3O3. The van der Waals surface area contributed by atoms with Crippen molar-refractivity contribution in [2.75, 3.05) is 25.0 Å². The van der Waals surface area contributed by atoms with Gasteiger partial charge in [-0.05, 0) is 47.6 Å². The summed E-state index contributed by atoms with van der Waals surface area (Å²) >= 11 is 0. The second kappa shape index (κ2) is 7.28. The highest BCUT2D eigenvalue weighted by Gasteiger charge is 2.48. The van der Waals surface area contributed by atoms with Gasteiger partial charge in [0.1, 0.15) is 0 Å². The molecule has 2 aliphatic heterocycles. The van der Waals surface area contributed by atoms with Crippen molar-refractivity contribution in [1.29, 1.82) is 0 Å². The molecule has 3 aliphatic rings. The molecule has 150 valence electrons. The summed E-state index contributed by atoms with van der Waals surface area (Å²) in [4.78, 5) is 26.6. The van der Waals surface area contributed by atoms with E-state index in [1.807, 2.05) is 12.1 Å². The first-order valence-electron chi connectivity index (χ1n) is 10.3. The third kappa shape index (κ3) is 3.66. The molecule has 0 radical (unpaired) electrons. The Morgan fingerprint density at radius 3 is 2.90 bits per heavy atom. The number of amides is 2. The van der Waals surface area contributed by atoms with E-state index >= 15 is 0 Å². The molecule has 6 heteroatoms. The van der Waals surface area contributed by atoms with Crippen LogP contribution in [0.2, 0.25) is 0 Å². The van der Waals surface area contributed by atoms with Gasteiger partial charge in [-0.2, -0.15) is 0 Å². The Hall–Kier alpha value is -2.70. The van der Waals surface area contributed by atoms with E-state index in [1.165, 1.54) is 11.1 Å². The number of anilines is 1. The van der Waals surface area contributed by atoms with E-state index in [4.69, 9.17) is 0 Å². The van der Waals surface area contributed by atoms with Gasteiger partial charge in [-0.1, -0.05) is 30.3 Å². The summed E-state index contributed by atoms with van der Waals surface area (Å²) in [5.74, 6) is 0.244. The standard InChI is InChI=1S/C23H25N3O3/c27-17(13-26-8-7-14-3-1-2-4-16(14)12-26)11-24-22(28)15-5-6-18-19-10-20(19)23(29)25-21(18)9-15/h1-6,9,17,19-20,27H,7-8,10-13H2,(H,24,28)(H,25,29)/t17-,19+,20+/m0/s1. The molecule has 2 heterocycles. The number of aliphatic hydroxyl groups is 1. The maximum absolute atomic E-state index is 12.5. The summed E-state index contributed by atoms with van der Waals surface area (Å²) < 4.78 is 0. The molecule has 0 unspecified atom stereocenters. The van der Waals surface area contributed by atoms with E-state index in [9.17, 15) is 14.7 Å². The molecule has 2 aromatic rings. The Labute approximate surface area is 169 Å². The highest BCUT2D eigenvalue weighted by molar-refractivity contribution is 6.02. The lowest BCUT2D eigenvalue weighted by Gasteiger charge is -2.30. The van der Waals surface area contributed by atoms with Crippen LogP contribution in [0.15, 0.2) is 42.5 Å². The molecular weight excluding hydrogens is 366 g/mol. The average Bonchev–Trinajstić information content (AvgIpc) is 3.53. The number of carbonyl (C=O) groups is 2. The summed E-state index contributed by atoms with van der Waals surface area (Å²) in [6.07, 6.45) is 1.25. The van der Waals surface area contributed by atoms with E-state index in [-0.39, 0.29) is 24.3 Å². The Bertz CT molecular complexity index is 974. The zero-order valence-electron chi connectivity index (χ0n) is 16.2. The predicted molar refractivity (Wildman–Crippen MR) is 110 cm³/mol. The zero-order chi connectivity index (χ0) is 20.0. The van der Waals surface area contributed by atoms with Crippen LogP contribution in [0, 0.1) is 5.92 Å². The van der Waals surface area contributed by atoms with Crippen molar-refractivity contribution in [3.8, 4) is 0 Å². The fourth-order valence-corrected chi connectivity index (χ4v) is 4.57. The Balaban J connectivity index is 1.15. The van der Waals surface area contributed by atoms with Crippen LogP contribution in [-0.2, 0) is 17.8 Å². The number of aliphatic hydroxyl groups excluding tert-OH is 1. The van der Waals surface area contributed by atoms with E-state index in [2.05, 4.69) is 33.7 Å². The lowest BCUT2D eigenvalue weighted by molar-refractivity contribution is -0.117. The maximum atomic E-state index is 12.5. The van der Waals surface area contributed by atoms with Gasteiger partial charge in [0.15, 0.2) is 0 Å². The Kier molecular flexibility index (Phi) is 4.60. The zero-order valence-corrected chi connectivity index (χ0v) is 16.2. The number of rotatable bonds is 5. The van der Waals surface area contributed by atoms with Crippen LogP contribution < -0.4 is 10.6 Å². The molecule has 0 aromatic heterocycles. The highest BCUT2D eigenvalue weighted by atomic mass is 16.3. The van der Waals surface area contributed by atoms with Gasteiger partial charge in [0, 0.05) is 43.3 Å². The molecule has 5 rings (SSSR count). The van der Waals surface area contributed by atoms with Crippen LogP contribution in [0.5, 0.6) is 0 Å². The topological polar surface area (TPSA) is 81.7 Å². The second-order valence-electron chi connectivity index (χ2n) is 8.36. The van der Waals surface area contributed by atoms with Crippen LogP contribution in [0.25, 0.3) is 0 Å². The maximum Gasteiger partial charge on any atom is 0.251 e. The number of hydrogen-bond acceptors (Lipinski definition) is 4. The van der Waals surface area contributed by atoms with Crippen LogP contribution in [0.4, 0.5) is 5.69 Å². The molecule has 0 bridgehead atoms. The first-order chi connectivity index (χ1) is 14.1. The van der Waals surface area contributed by atoms with Gasteiger partial charge in [0.2, 0.25) is 5.91 Å². The van der Waals surface area contributed by atoms with Crippen molar-refractivity contribution in [3.63, 3.8) is 0 Å². The summed E-state index contributed by atoms with van der Waals surface area (Å²) in [5, 5.41) is 16.1. The van der Waals surface area contributed by atoms with Crippen molar-refractivity contribution in [1.82, 2.24) is 10.2 Å². The van der Waals surface area contributed by atoms with Crippen molar-refractivity contribution < 1.29 is 14.7 Å². The van der Waals surface area contributed by atoms with E-state index < -0.39 is 6.10 Å². The smallest absolute Gasteiger partial charge is 0.251 e. The number of benzene rings is 2. The molecule has 3 N–H and O–H groups in total. The summed E-state index contributed by atoms with van der Waals surface area (Å²) in [6.45, 7) is 2.46. The van der Waals surface area contributed by atoms with Gasteiger partial charge in [0.05, 0.1) is 6.10 Å². The number of hydrogen-bond donors (Lipinski definition) is 3. The molecule has 1 saturated carbocycles. The fourth-order valence-electron chi connectivity index (χ4n) is 4.57. The molecule has 6 nitrogen and oxygen atoms in total. The van der Waals surface area contributed by atoms with Crippen molar-refractivity contribution in [2.45, 2.75) is 31.4 Å². The molecule has 2 amide bonds. The van der Waals surface area contributed by atoms with Gasteiger partial charge in [-0.15, -0.1) is 0 Å². The minimum atomic E-state index is -0.631. The van der Waals surface area contributed by atoms with Crippen molar-refractivity contribution in [3.05, 3.63) is 64.7 Å². The summed E-state index contributed by atoms with van der Waals surface area (Å²) in [5.41, 5.74) is 5.06. The van der Waals surface area contributed by atoms with Crippen LogP contribution in [-0.4, -0.2) is 47.6 Å². The third-order valence-electron chi connectivity index (χ3n) is 6.28. The van der Waals surface area contributed by atoms with Crippen LogP contribution in [0.1, 0.15) is 39.4 Å². The molecule has 3 atom stereocenters. The third-order valence-corrected chi connectivity index (χ3v) is 6.28. The highest BCUT2D eigenvalue weighted by Crippen LogP contribution is 2.53. The molecule has 1 fully saturated rings. The van der Waals surface area contributed by atoms with Gasteiger partial charge in [-0.3, -0.25) is 14.5 Å². The molecule has 2 aromatic carbocycles. The second-order valence-corrected chi connectivity index (χ2v) is 8.36. The minimum Gasteiger partial charge on any atom is -0.390 e. The van der Waals surface area contributed by atoms with E-state index in [0.717, 1.165) is 37.2 Å². The summed E-state index contributed by atoms with van der Waals surface area (Å²) in [7, 11) is 0. The molecule has 29 heavy (non-hydrogen) atoms. The van der Waals surface area contributed by atoms with Gasteiger partial charge in [0.25, 0.3) is 5.91 Å². The SMILES string of the molecule is O=C(NC[C@H](O)CN1CCc2ccccc2C1)c1ccc2c(c1)NC(=O)[C@@H]1C[C@H]21. The first kappa shape index (κ1) is 18.3. The lowest BCUT2D eigenvalue weighted by Crippen LogP contribution is -2.42. The predicted octanol–water partition coefficient (Wildman–Crippen LogP) is 1.89. The minimum absolute atomic E-state index is 0.0542. The molecule has 0 saturated heterocycles. The van der Waals surface area contributed by atoms with Gasteiger partial charge < -0.3 is 15.7 Å².